The number of hydrogen-bond donors (Lipinski definition) is 1. The number of rotatable bonds is 3. The van der Waals surface area contributed by atoms with Crippen molar-refractivity contribution < 1.29 is 9.47 Å². The number of hydrogen-bond acceptors (Lipinski definition) is 3. The predicted molar refractivity (Wildman–Crippen MR) is 68.4 cm³/mol. The Bertz CT molecular complexity index is 390. The van der Waals surface area contributed by atoms with Crippen LogP contribution < -0.4 is 15.2 Å². The van der Waals surface area contributed by atoms with Crippen molar-refractivity contribution in [2.75, 3.05) is 7.11 Å². The predicted octanol–water partition coefficient (Wildman–Crippen LogP) is 2.59. The van der Waals surface area contributed by atoms with Crippen LogP contribution in [0.5, 0.6) is 11.5 Å². The lowest BCUT2D eigenvalue weighted by Gasteiger charge is -2.27. The molecule has 3 heteroatoms. The zero-order valence-electron chi connectivity index (χ0n) is 10.8. The molecule has 1 fully saturated rings. The molecule has 1 aliphatic rings. The van der Waals surface area contributed by atoms with Gasteiger partial charge in [-0.15, -0.1) is 0 Å². The van der Waals surface area contributed by atoms with Gasteiger partial charge in [0.25, 0.3) is 0 Å². The molecule has 0 saturated heterocycles. The fourth-order valence-corrected chi connectivity index (χ4v) is 2.38. The monoisotopic (exact) mass is 235 g/mol. The fourth-order valence-electron chi connectivity index (χ4n) is 2.38. The van der Waals surface area contributed by atoms with E-state index >= 15 is 0 Å². The molecule has 1 saturated carbocycles. The van der Waals surface area contributed by atoms with Crippen LogP contribution in [-0.4, -0.2) is 19.3 Å². The first-order chi connectivity index (χ1) is 8.04. The van der Waals surface area contributed by atoms with Gasteiger partial charge in [0.2, 0.25) is 0 Å². The van der Waals surface area contributed by atoms with Crippen molar-refractivity contribution in [2.45, 2.75) is 38.8 Å². The lowest BCUT2D eigenvalue weighted by atomic mass is 9.88. The van der Waals surface area contributed by atoms with Gasteiger partial charge in [-0.3, -0.25) is 0 Å². The first kappa shape index (κ1) is 12.2. The smallest absolute Gasteiger partial charge is 0.161 e. The van der Waals surface area contributed by atoms with Gasteiger partial charge in [-0.05, 0) is 30.4 Å². The van der Waals surface area contributed by atoms with Crippen molar-refractivity contribution >= 4 is 0 Å². The maximum absolute atomic E-state index is 6.23. The van der Waals surface area contributed by atoms with Gasteiger partial charge >= 0.3 is 0 Å². The van der Waals surface area contributed by atoms with Crippen LogP contribution in [0.25, 0.3) is 0 Å². The summed E-state index contributed by atoms with van der Waals surface area (Å²) in [4.78, 5) is 0. The lowest BCUT2D eigenvalue weighted by Crippen LogP contribution is -2.42. The van der Waals surface area contributed by atoms with Crippen molar-refractivity contribution in [1.29, 1.82) is 0 Å². The van der Waals surface area contributed by atoms with Crippen molar-refractivity contribution in [3.05, 3.63) is 24.3 Å². The summed E-state index contributed by atoms with van der Waals surface area (Å²) in [5.41, 5.74) is 6.39. The van der Waals surface area contributed by atoms with E-state index < -0.39 is 0 Å². The average Bonchev–Trinajstić information content (AvgIpc) is 2.57. The standard InChI is InChI=1S/C14H21NO2/c1-14(2)9-8-12(13(14)15)17-11-7-5-4-6-10(11)16-3/h4-7,12-13H,8-9,15H2,1-3H3. The molecule has 1 aliphatic carbocycles. The largest absolute Gasteiger partial charge is 0.493 e. The van der Waals surface area contributed by atoms with Gasteiger partial charge in [0.1, 0.15) is 6.10 Å². The highest BCUT2D eigenvalue weighted by Crippen LogP contribution is 2.39. The van der Waals surface area contributed by atoms with Gasteiger partial charge in [-0.2, -0.15) is 0 Å². The van der Waals surface area contributed by atoms with Crippen molar-refractivity contribution in [3.63, 3.8) is 0 Å². The molecule has 1 aromatic carbocycles. The Morgan fingerprint density at radius 2 is 1.88 bits per heavy atom. The van der Waals surface area contributed by atoms with Crippen LogP contribution in [0.2, 0.25) is 0 Å². The van der Waals surface area contributed by atoms with E-state index in [1.165, 1.54) is 0 Å². The van der Waals surface area contributed by atoms with E-state index in [2.05, 4.69) is 13.8 Å². The summed E-state index contributed by atoms with van der Waals surface area (Å²) < 4.78 is 11.3. The molecule has 1 aromatic rings. The van der Waals surface area contributed by atoms with E-state index in [1.807, 2.05) is 24.3 Å². The minimum absolute atomic E-state index is 0.0763. The second-order valence-corrected chi connectivity index (χ2v) is 5.36. The van der Waals surface area contributed by atoms with Crippen molar-refractivity contribution in [1.82, 2.24) is 0 Å². The molecular formula is C14H21NO2. The van der Waals surface area contributed by atoms with E-state index in [1.54, 1.807) is 7.11 Å². The van der Waals surface area contributed by atoms with E-state index in [9.17, 15) is 0 Å². The minimum atomic E-state index is 0.0763. The Kier molecular flexibility index (Phi) is 3.29. The summed E-state index contributed by atoms with van der Waals surface area (Å²) in [6, 6.07) is 7.79. The molecule has 17 heavy (non-hydrogen) atoms. The van der Waals surface area contributed by atoms with Crippen LogP contribution in [0.15, 0.2) is 24.3 Å². The van der Waals surface area contributed by atoms with Crippen molar-refractivity contribution in [3.8, 4) is 11.5 Å². The minimum Gasteiger partial charge on any atom is -0.493 e. The third-order valence-corrected chi connectivity index (χ3v) is 3.72. The van der Waals surface area contributed by atoms with Gasteiger partial charge in [0.15, 0.2) is 11.5 Å². The lowest BCUT2D eigenvalue weighted by molar-refractivity contribution is 0.159. The Labute approximate surface area is 103 Å². The molecule has 0 radical (unpaired) electrons. The summed E-state index contributed by atoms with van der Waals surface area (Å²) in [5.74, 6) is 1.55. The molecule has 94 valence electrons. The molecule has 2 N–H and O–H groups in total. The number of benzene rings is 1. The van der Waals surface area contributed by atoms with Crippen molar-refractivity contribution in [2.24, 2.45) is 11.1 Å². The highest BCUT2D eigenvalue weighted by molar-refractivity contribution is 5.39. The number of para-hydroxylation sites is 2. The van der Waals surface area contributed by atoms with Crippen LogP contribution >= 0.6 is 0 Å². The highest BCUT2D eigenvalue weighted by atomic mass is 16.5. The Morgan fingerprint density at radius 1 is 1.24 bits per heavy atom. The molecule has 0 amide bonds. The molecule has 0 bridgehead atoms. The van der Waals surface area contributed by atoms with E-state index in [4.69, 9.17) is 15.2 Å². The summed E-state index contributed by atoms with van der Waals surface area (Å²) in [7, 11) is 1.65. The molecular weight excluding hydrogens is 214 g/mol. The van der Waals surface area contributed by atoms with Gasteiger partial charge in [-0.25, -0.2) is 0 Å². The molecule has 2 atom stereocenters. The van der Waals surface area contributed by atoms with Crippen LogP contribution in [0.3, 0.4) is 0 Å². The fraction of sp³-hybridized carbons (Fsp3) is 0.571. The Balaban J connectivity index is 2.12. The van der Waals surface area contributed by atoms with E-state index in [0.717, 1.165) is 24.3 Å². The normalized spacial score (nSPS) is 26.8. The van der Waals surface area contributed by atoms with Crippen LogP contribution in [0.1, 0.15) is 26.7 Å². The van der Waals surface area contributed by atoms with Gasteiger partial charge in [0, 0.05) is 6.04 Å². The Hall–Kier alpha value is -1.22. The van der Waals surface area contributed by atoms with E-state index in [0.29, 0.717) is 0 Å². The summed E-state index contributed by atoms with van der Waals surface area (Å²) in [6.45, 7) is 4.40. The van der Waals surface area contributed by atoms with Crippen LogP contribution in [0.4, 0.5) is 0 Å². The van der Waals surface area contributed by atoms with Crippen LogP contribution in [-0.2, 0) is 0 Å². The first-order valence-corrected chi connectivity index (χ1v) is 6.10. The molecule has 0 spiro atoms. The zero-order chi connectivity index (χ0) is 12.5. The molecule has 0 heterocycles. The third-order valence-electron chi connectivity index (χ3n) is 3.72. The third kappa shape index (κ3) is 2.39. The molecule has 0 aromatic heterocycles. The summed E-state index contributed by atoms with van der Waals surface area (Å²) in [6.07, 6.45) is 2.20. The molecule has 2 rings (SSSR count). The molecule has 3 nitrogen and oxygen atoms in total. The maximum Gasteiger partial charge on any atom is 0.161 e. The Morgan fingerprint density at radius 3 is 2.41 bits per heavy atom. The number of ether oxygens (including phenoxy) is 2. The highest BCUT2D eigenvalue weighted by Gasteiger charge is 2.41. The second kappa shape index (κ2) is 4.57. The quantitative estimate of drug-likeness (QED) is 0.875. The zero-order valence-corrected chi connectivity index (χ0v) is 10.8. The van der Waals surface area contributed by atoms with Gasteiger partial charge in [0.05, 0.1) is 7.11 Å². The average molecular weight is 235 g/mol. The summed E-state index contributed by atoms with van der Waals surface area (Å²) in [5, 5.41) is 0. The summed E-state index contributed by atoms with van der Waals surface area (Å²) >= 11 is 0. The first-order valence-electron chi connectivity index (χ1n) is 6.10. The van der Waals surface area contributed by atoms with E-state index in [-0.39, 0.29) is 17.6 Å². The molecule has 0 aliphatic heterocycles. The van der Waals surface area contributed by atoms with Gasteiger partial charge in [-0.1, -0.05) is 26.0 Å². The topological polar surface area (TPSA) is 44.5 Å². The number of methoxy groups -OCH3 is 1. The van der Waals surface area contributed by atoms with Crippen LogP contribution in [0, 0.1) is 5.41 Å². The second-order valence-electron chi connectivity index (χ2n) is 5.36. The SMILES string of the molecule is COc1ccccc1OC1CCC(C)(C)C1N. The molecule has 2 unspecified atom stereocenters. The number of nitrogens with two attached hydrogens (primary N) is 1. The maximum atomic E-state index is 6.23. The van der Waals surface area contributed by atoms with Gasteiger partial charge < -0.3 is 15.2 Å².